The minimum Gasteiger partial charge on any atom is -0.486 e. The monoisotopic (exact) mass is 347 g/mol. The van der Waals surface area contributed by atoms with Crippen LogP contribution in [-0.2, 0) is 4.79 Å². The molecule has 2 aromatic rings. The molecule has 0 fully saturated rings. The van der Waals surface area contributed by atoms with Gasteiger partial charge in [-0.2, -0.15) is 0 Å². The van der Waals surface area contributed by atoms with E-state index in [0.29, 0.717) is 47.6 Å². The molecule has 1 atom stereocenters. The van der Waals surface area contributed by atoms with E-state index >= 15 is 0 Å². The van der Waals surface area contributed by atoms with E-state index in [2.05, 4.69) is 5.32 Å². The molecule has 1 unspecified atom stereocenters. The Balaban J connectivity index is 1.67. The van der Waals surface area contributed by atoms with Gasteiger partial charge in [-0.1, -0.05) is 18.5 Å². The lowest BCUT2D eigenvalue weighted by Gasteiger charge is -2.20. The highest BCUT2D eigenvalue weighted by atomic mass is 35.5. The van der Waals surface area contributed by atoms with Gasteiger partial charge in [-0.25, -0.2) is 0 Å². The first-order chi connectivity index (χ1) is 11.7. The Morgan fingerprint density at radius 2 is 1.88 bits per heavy atom. The first-order valence-electron chi connectivity index (χ1n) is 7.78. The van der Waals surface area contributed by atoms with Gasteiger partial charge in [0.2, 0.25) is 0 Å². The van der Waals surface area contributed by atoms with Crippen molar-refractivity contribution in [3.63, 3.8) is 0 Å². The zero-order valence-electron chi connectivity index (χ0n) is 13.3. The van der Waals surface area contributed by atoms with Crippen LogP contribution in [0, 0.1) is 0 Å². The van der Waals surface area contributed by atoms with E-state index in [9.17, 15) is 4.79 Å². The number of hydrogen-bond acceptors (Lipinski definition) is 4. The Bertz CT molecular complexity index is 717. The van der Waals surface area contributed by atoms with Gasteiger partial charge in [-0.15, -0.1) is 0 Å². The van der Waals surface area contributed by atoms with E-state index in [1.54, 1.807) is 42.5 Å². The van der Waals surface area contributed by atoms with Crippen LogP contribution in [0.2, 0.25) is 5.02 Å². The molecule has 0 spiro atoms. The second-order valence-electron chi connectivity index (χ2n) is 5.32. The van der Waals surface area contributed by atoms with Gasteiger partial charge in [0.05, 0.1) is 0 Å². The summed E-state index contributed by atoms with van der Waals surface area (Å²) in [6.45, 7) is 2.93. The fourth-order valence-corrected chi connectivity index (χ4v) is 2.47. The Labute approximate surface area is 145 Å². The van der Waals surface area contributed by atoms with Crippen molar-refractivity contribution in [3.8, 4) is 17.2 Å². The second-order valence-corrected chi connectivity index (χ2v) is 5.75. The van der Waals surface area contributed by atoms with Gasteiger partial charge < -0.3 is 19.5 Å². The van der Waals surface area contributed by atoms with Crippen LogP contribution in [0.25, 0.3) is 0 Å². The Morgan fingerprint density at radius 1 is 1.17 bits per heavy atom. The van der Waals surface area contributed by atoms with E-state index in [1.807, 2.05) is 6.92 Å². The van der Waals surface area contributed by atoms with Crippen molar-refractivity contribution >= 4 is 23.2 Å². The summed E-state index contributed by atoms with van der Waals surface area (Å²) >= 11 is 5.85. The molecule has 3 rings (SSSR count). The zero-order valence-corrected chi connectivity index (χ0v) is 14.0. The summed E-state index contributed by atoms with van der Waals surface area (Å²) in [7, 11) is 0. The molecule has 0 radical (unpaired) electrons. The molecule has 0 bridgehead atoms. The number of fused-ring (bicyclic) bond motifs is 1. The van der Waals surface area contributed by atoms with Gasteiger partial charge in [-0.3, -0.25) is 4.79 Å². The van der Waals surface area contributed by atoms with Gasteiger partial charge in [-0.05, 0) is 42.8 Å². The standard InChI is InChI=1S/C18H18ClNO4/c1-2-15(24-14-6-3-12(19)4-7-14)18(21)20-13-5-8-16-17(11-13)23-10-9-22-16/h3-8,11,15H,2,9-10H2,1H3,(H,20,21). The second kappa shape index (κ2) is 7.45. The van der Waals surface area contributed by atoms with Crippen LogP contribution >= 0.6 is 11.6 Å². The molecule has 1 amide bonds. The molecule has 0 aromatic heterocycles. The molecule has 1 heterocycles. The molecule has 1 N–H and O–H groups in total. The lowest BCUT2D eigenvalue weighted by atomic mass is 10.2. The third kappa shape index (κ3) is 3.92. The van der Waals surface area contributed by atoms with Crippen LogP contribution in [-0.4, -0.2) is 25.2 Å². The molecule has 0 saturated heterocycles. The number of rotatable bonds is 5. The van der Waals surface area contributed by atoms with E-state index in [0.717, 1.165) is 0 Å². The zero-order chi connectivity index (χ0) is 16.9. The van der Waals surface area contributed by atoms with Crippen LogP contribution in [0.3, 0.4) is 0 Å². The average molecular weight is 348 g/mol. The fourth-order valence-electron chi connectivity index (χ4n) is 2.34. The molecular formula is C18H18ClNO4. The number of halogens is 1. The van der Waals surface area contributed by atoms with Crippen molar-refractivity contribution in [2.75, 3.05) is 18.5 Å². The van der Waals surface area contributed by atoms with Gasteiger partial charge in [0.1, 0.15) is 19.0 Å². The van der Waals surface area contributed by atoms with Crippen molar-refractivity contribution in [1.82, 2.24) is 0 Å². The number of hydrogen-bond donors (Lipinski definition) is 1. The van der Waals surface area contributed by atoms with Gasteiger partial charge in [0.15, 0.2) is 17.6 Å². The molecule has 5 nitrogen and oxygen atoms in total. The predicted octanol–water partition coefficient (Wildman–Crippen LogP) is 3.91. The molecule has 24 heavy (non-hydrogen) atoms. The van der Waals surface area contributed by atoms with E-state index < -0.39 is 6.10 Å². The molecule has 1 aliphatic rings. The minimum atomic E-state index is -0.598. The number of carbonyl (C=O) groups excluding carboxylic acids is 1. The smallest absolute Gasteiger partial charge is 0.265 e. The quantitative estimate of drug-likeness (QED) is 0.891. The highest BCUT2D eigenvalue weighted by Crippen LogP contribution is 2.32. The molecular weight excluding hydrogens is 330 g/mol. The van der Waals surface area contributed by atoms with E-state index in [4.69, 9.17) is 25.8 Å². The Hall–Kier alpha value is -2.40. The first kappa shape index (κ1) is 16.5. The molecule has 126 valence electrons. The minimum absolute atomic E-state index is 0.218. The predicted molar refractivity (Wildman–Crippen MR) is 92.2 cm³/mol. The number of nitrogens with one attached hydrogen (secondary N) is 1. The fraction of sp³-hybridized carbons (Fsp3) is 0.278. The third-order valence-electron chi connectivity index (χ3n) is 3.56. The molecule has 0 aliphatic carbocycles. The van der Waals surface area contributed by atoms with Gasteiger partial charge in [0.25, 0.3) is 5.91 Å². The number of ether oxygens (including phenoxy) is 3. The highest BCUT2D eigenvalue weighted by molar-refractivity contribution is 6.30. The Kier molecular flexibility index (Phi) is 5.11. The molecule has 2 aromatic carbocycles. The van der Waals surface area contributed by atoms with Crippen molar-refractivity contribution in [3.05, 3.63) is 47.5 Å². The summed E-state index contributed by atoms with van der Waals surface area (Å²) in [6.07, 6.45) is -0.0571. The van der Waals surface area contributed by atoms with Crippen LogP contribution in [0.5, 0.6) is 17.2 Å². The molecule has 1 aliphatic heterocycles. The largest absolute Gasteiger partial charge is 0.486 e. The summed E-state index contributed by atoms with van der Waals surface area (Å²) < 4.78 is 16.7. The summed E-state index contributed by atoms with van der Waals surface area (Å²) in [5.74, 6) is 1.70. The van der Waals surface area contributed by atoms with E-state index in [1.165, 1.54) is 0 Å². The van der Waals surface area contributed by atoms with Gasteiger partial charge in [0, 0.05) is 16.8 Å². The first-order valence-corrected chi connectivity index (χ1v) is 8.16. The summed E-state index contributed by atoms with van der Waals surface area (Å²) in [5.41, 5.74) is 0.641. The third-order valence-corrected chi connectivity index (χ3v) is 3.82. The normalized spacial score (nSPS) is 13.9. The summed E-state index contributed by atoms with van der Waals surface area (Å²) in [5, 5.41) is 3.47. The maximum Gasteiger partial charge on any atom is 0.265 e. The summed E-state index contributed by atoms with van der Waals surface area (Å²) in [4.78, 5) is 12.4. The lowest BCUT2D eigenvalue weighted by molar-refractivity contribution is -0.122. The van der Waals surface area contributed by atoms with Crippen LogP contribution in [0.15, 0.2) is 42.5 Å². The lowest BCUT2D eigenvalue weighted by Crippen LogP contribution is -2.32. The topological polar surface area (TPSA) is 56.8 Å². The number of amides is 1. The van der Waals surface area contributed by atoms with Crippen LogP contribution in [0.4, 0.5) is 5.69 Å². The Morgan fingerprint density at radius 3 is 2.58 bits per heavy atom. The van der Waals surface area contributed by atoms with Gasteiger partial charge >= 0.3 is 0 Å². The van der Waals surface area contributed by atoms with Crippen LogP contribution in [0.1, 0.15) is 13.3 Å². The van der Waals surface area contributed by atoms with Crippen molar-refractivity contribution < 1.29 is 19.0 Å². The van der Waals surface area contributed by atoms with Crippen molar-refractivity contribution in [1.29, 1.82) is 0 Å². The number of anilines is 1. The number of benzene rings is 2. The molecule has 0 saturated carbocycles. The van der Waals surface area contributed by atoms with Crippen LogP contribution < -0.4 is 19.5 Å². The SMILES string of the molecule is CCC(Oc1ccc(Cl)cc1)C(=O)Nc1ccc2c(c1)OCCO2. The van der Waals surface area contributed by atoms with E-state index in [-0.39, 0.29) is 5.91 Å². The average Bonchev–Trinajstić information content (AvgIpc) is 2.61. The molecule has 6 heteroatoms. The van der Waals surface area contributed by atoms with Crippen molar-refractivity contribution in [2.45, 2.75) is 19.4 Å². The summed E-state index contributed by atoms with van der Waals surface area (Å²) in [6, 6.07) is 12.2. The number of carbonyl (C=O) groups is 1. The van der Waals surface area contributed by atoms with Crippen molar-refractivity contribution in [2.24, 2.45) is 0 Å². The maximum absolute atomic E-state index is 12.4. The maximum atomic E-state index is 12.4. The highest BCUT2D eigenvalue weighted by Gasteiger charge is 2.20.